The van der Waals surface area contributed by atoms with Crippen molar-refractivity contribution in [2.45, 2.75) is 18.3 Å². The highest BCUT2D eigenvalue weighted by atomic mass is 35.5. The maximum absolute atomic E-state index is 13.3. The number of anilines is 1. The predicted molar refractivity (Wildman–Crippen MR) is 103 cm³/mol. The van der Waals surface area contributed by atoms with Crippen LogP contribution in [0, 0.1) is 0 Å². The lowest BCUT2D eigenvalue weighted by Gasteiger charge is -2.34. The van der Waals surface area contributed by atoms with Gasteiger partial charge in [-0.05, 0) is 61.8 Å². The fraction of sp³-hybridized carbons (Fsp3) is 0.316. The van der Waals surface area contributed by atoms with E-state index in [4.69, 9.17) is 34.8 Å². The average molecular weight is 396 g/mol. The quantitative estimate of drug-likeness (QED) is 0.742. The fourth-order valence-electron chi connectivity index (χ4n) is 3.99. The van der Waals surface area contributed by atoms with Crippen molar-refractivity contribution in [3.63, 3.8) is 0 Å². The zero-order valence-corrected chi connectivity index (χ0v) is 15.8. The number of nitrogens with zero attached hydrogens (tertiary/aromatic N) is 1. The van der Waals surface area contributed by atoms with E-state index in [9.17, 15) is 4.79 Å². The Morgan fingerprint density at radius 3 is 2.40 bits per heavy atom. The minimum Gasteiger partial charge on any atom is -0.317 e. The van der Waals surface area contributed by atoms with Crippen LogP contribution < -0.4 is 10.2 Å². The molecule has 6 heteroatoms. The lowest BCUT2D eigenvalue weighted by Crippen LogP contribution is -2.44. The Morgan fingerprint density at radius 2 is 1.72 bits per heavy atom. The zero-order chi connectivity index (χ0) is 17.6. The molecule has 4 rings (SSSR count). The highest BCUT2D eigenvalue weighted by molar-refractivity contribution is 6.40. The van der Waals surface area contributed by atoms with Crippen molar-refractivity contribution in [3.05, 3.63) is 62.6 Å². The number of rotatable bonds is 1. The van der Waals surface area contributed by atoms with Gasteiger partial charge < -0.3 is 10.2 Å². The Bertz CT molecular complexity index is 826. The van der Waals surface area contributed by atoms with Crippen molar-refractivity contribution >= 4 is 46.4 Å². The van der Waals surface area contributed by atoms with Gasteiger partial charge in [0.05, 0.1) is 15.6 Å². The molecular weight excluding hydrogens is 379 g/mol. The number of benzene rings is 2. The highest BCUT2D eigenvalue weighted by Gasteiger charge is 2.45. The molecule has 0 saturated carbocycles. The molecule has 0 aliphatic carbocycles. The molecule has 0 unspecified atom stereocenters. The number of piperidine rings is 1. The normalized spacial score (nSPS) is 18.4. The van der Waals surface area contributed by atoms with E-state index in [1.807, 2.05) is 23.1 Å². The summed E-state index contributed by atoms with van der Waals surface area (Å²) in [5, 5.41) is 4.84. The smallest absolute Gasteiger partial charge is 0.261 e. The topological polar surface area (TPSA) is 32.3 Å². The van der Waals surface area contributed by atoms with Gasteiger partial charge in [-0.3, -0.25) is 4.79 Å². The van der Waals surface area contributed by atoms with Crippen LogP contribution >= 0.6 is 34.8 Å². The first-order valence-electron chi connectivity index (χ1n) is 8.28. The summed E-state index contributed by atoms with van der Waals surface area (Å²) in [6.07, 6.45) is 1.95. The standard InChI is InChI=1S/C19H17Cl3N2O/c20-12-4-5-16-13(10-12)19(6-8-23-9-7-19)11-24(16)18(25)17-14(21)2-1-3-15(17)22/h1-5,10,23H,6-9,11H2. The molecule has 2 aliphatic rings. The fourth-order valence-corrected chi connectivity index (χ4v) is 4.72. The molecule has 1 spiro atoms. The molecule has 0 aromatic heterocycles. The maximum atomic E-state index is 13.3. The summed E-state index contributed by atoms with van der Waals surface area (Å²) < 4.78 is 0. The predicted octanol–water partition coefficient (Wildman–Crippen LogP) is 4.93. The van der Waals surface area contributed by atoms with Gasteiger partial charge in [0.2, 0.25) is 0 Å². The van der Waals surface area contributed by atoms with Crippen molar-refractivity contribution in [3.8, 4) is 0 Å². The van der Waals surface area contributed by atoms with E-state index in [1.165, 1.54) is 0 Å². The van der Waals surface area contributed by atoms with Crippen LogP contribution in [-0.4, -0.2) is 25.5 Å². The number of halogens is 3. The summed E-state index contributed by atoms with van der Waals surface area (Å²) in [5.74, 6) is -0.158. The zero-order valence-electron chi connectivity index (χ0n) is 13.5. The summed E-state index contributed by atoms with van der Waals surface area (Å²) in [5.41, 5.74) is 2.36. The summed E-state index contributed by atoms with van der Waals surface area (Å²) in [7, 11) is 0. The molecule has 25 heavy (non-hydrogen) atoms. The van der Waals surface area contributed by atoms with E-state index in [0.717, 1.165) is 37.2 Å². The molecular formula is C19H17Cl3N2O. The summed E-state index contributed by atoms with van der Waals surface area (Å²) >= 11 is 18.8. The van der Waals surface area contributed by atoms with Crippen LogP contribution in [0.3, 0.4) is 0 Å². The minimum absolute atomic E-state index is 0.0606. The molecule has 0 atom stereocenters. The van der Waals surface area contributed by atoms with E-state index >= 15 is 0 Å². The largest absolute Gasteiger partial charge is 0.317 e. The minimum atomic E-state index is -0.158. The van der Waals surface area contributed by atoms with Crippen LogP contribution in [0.25, 0.3) is 0 Å². The molecule has 3 nitrogen and oxygen atoms in total. The molecule has 1 N–H and O–H groups in total. The third kappa shape index (κ3) is 2.83. The van der Waals surface area contributed by atoms with Crippen LogP contribution in [0.5, 0.6) is 0 Å². The van der Waals surface area contributed by atoms with Crippen molar-refractivity contribution in [1.82, 2.24) is 5.32 Å². The molecule has 1 saturated heterocycles. The number of carbonyl (C=O) groups is 1. The van der Waals surface area contributed by atoms with Crippen molar-refractivity contribution in [2.24, 2.45) is 0 Å². The van der Waals surface area contributed by atoms with E-state index in [-0.39, 0.29) is 11.3 Å². The first kappa shape index (κ1) is 17.2. The monoisotopic (exact) mass is 394 g/mol. The molecule has 0 bridgehead atoms. The third-order valence-corrected chi connectivity index (χ3v) is 6.13. The lowest BCUT2D eigenvalue weighted by molar-refractivity contribution is 0.0983. The van der Waals surface area contributed by atoms with Crippen molar-refractivity contribution in [2.75, 3.05) is 24.5 Å². The Hall–Kier alpha value is -1.26. The molecule has 2 aromatic carbocycles. The Morgan fingerprint density at radius 1 is 1.04 bits per heavy atom. The molecule has 2 heterocycles. The second-order valence-corrected chi connectivity index (χ2v) is 7.93. The van der Waals surface area contributed by atoms with Gasteiger partial charge in [0, 0.05) is 22.7 Å². The number of carbonyl (C=O) groups excluding carboxylic acids is 1. The SMILES string of the molecule is O=C(c1c(Cl)cccc1Cl)N1CC2(CCNCC2)c2cc(Cl)ccc21. The van der Waals surface area contributed by atoms with Crippen LogP contribution in [0.2, 0.25) is 15.1 Å². The first-order chi connectivity index (χ1) is 12.0. The molecule has 2 aromatic rings. The van der Waals surface area contributed by atoms with Gasteiger partial charge in [0.25, 0.3) is 5.91 Å². The van der Waals surface area contributed by atoms with Crippen LogP contribution in [0.4, 0.5) is 5.69 Å². The van der Waals surface area contributed by atoms with E-state index < -0.39 is 0 Å². The van der Waals surface area contributed by atoms with E-state index in [1.54, 1.807) is 18.2 Å². The molecule has 130 valence electrons. The lowest BCUT2D eigenvalue weighted by atomic mass is 9.75. The average Bonchev–Trinajstić information content (AvgIpc) is 2.89. The van der Waals surface area contributed by atoms with Crippen LogP contribution in [0.15, 0.2) is 36.4 Å². The van der Waals surface area contributed by atoms with Gasteiger partial charge >= 0.3 is 0 Å². The third-order valence-electron chi connectivity index (χ3n) is 5.26. The van der Waals surface area contributed by atoms with Gasteiger partial charge in [0.1, 0.15) is 0 Å². The Labute approximate surface area is 161 Å². The number of hydrogen-bond donors (Lipinski definition) is 1. The summed E-state index contributed by atoms with van der Waals surface area (Å²) in [6, 6.07) is 10.9. The first-order valence-corrected chi connectivity index (χ1v) is 9.42. The number of fused-ring (bicyclic) bond motifs is 2. The Kier molecular flexibility index (Phi) is 4.45. The van der Waals surface area contributed by atoms with Gasteiger partial charge in [-0.1, -0.05) is 40.9 Å². The van der Waals surface area contributed by atoms with Crippen LogP contribution in [0.1, 0.15) is 28.8 Å². The number of nitrogens with one attached hydrogen (secondary N) is 1. The van der Waals surface area contributed by atoms with E-state index in [2.05, 4.69) is 5.32 Å². The van der Waals surface area contributed by atoms with Gasteiger partial charge in [0.15, 0.2) is 0 Å². The maximum Gasteiger partial charge on any atom is 0.261 e. The van der Waals surface area contributed by atoms with Crippen molar-refractivity contribution < 1.29 is 4.79 Å². The van der Waals surface area contributed by atoms with Gasteiger partial charge in [-0.15, -0.1) is 0 Å². The van der Waals surface area contributed by atoms with Gasteiger partial charge in [-0.25, -0.2) is 0 Å². The second kappa shape index (κ2) is 6.48. The van der Waals surface area contributed by atoms with E-state index in [0.29, 0.717) is 27.2 Å². The molecule has 0 radical (unpaired) electrons. The van der Waals surface area contributed by atoms with Crippen LogP contribution in [-0.2, 0) is 5.41 Å². The number of amides is 1. The van der Waals surface area contributed by atoms with Gasteiger partial charge in [-0.2, -0.15) is 0 Å². The second-order valence-electron chi connectivity index (χ2n) is 6.68. The number of hydrogen-bond acceptors (Lipinski definition) is 2. The summed E-state index contributed by atoms with van der Waals surface area (Å²) in [6.45, 7) is 2.49. The highest BCUT2D eigenvalue weighted by Crippen LogP contribution is 2.47. The summed E-state index contributed by atoms with van der Waals surface area (Å²) in [4.78, 5) is 15.1. The molecule has 1 amide bonds. The Balaban J connectivity index is 1.81. The van der Waals surface area contributed by atoms with Crippen molar-refractivity contribution in [1.29, 1.82) is 0 Å². The molecule has 2 aliphatic heterocycles. The molecule has 1 fully saturated rings.